The predicted molar refractivity (Wildman–Crippen MR) is 133 cm³/mol. The largest absolute Gasteiger partial charge is 0.491 e. The highest BCUT2D eigenvalue weighted by molar-refractivity contribution is 7.17. The van der Waals surface area contributed by atoms with Gasteiger partial charge in [0.1, 0.15) is 34.7 Å². The molecule has 1 aromatic carbocycles. The lowest BCUT2D eigenvalue weighted by molar-refractivity contribution is 0.0998. The zero-order chi connectivity index (χ0) is 24.1. The first kappa shape index (κ1) is 24.0. The smallest absolute Gasteiger partial charge is 0.262 e. The van der Waals surface area contributed by atoms with Gasteiger partial charge in [-0.25, -0.2) is 4.98 Å². The van der Waals surface area contributed by atoms with Gasteiger partial charge in [0.15, 0.2) is 0 Å². The number of nitrogens with zero attached hydrogens (tertiary/aromatic N) is 2. The van der Waals surface area contributed by atoms with E-state index in [-0.39, 0.29) is 12.7 Å². The Labute approximate surface area is 205 Å². The molecule has 0 saturated carbocycles. The van der Waals surface area contributed by atoms with E-state index in [1.54, 1.807) is 18.3 Å². The first-order valence-electron chi connectivity index (χ1n) is 10.7. The van der Waals surface area contributed by atoms with Crippen molar-refractivity contribution in [3.63, 3.8) is 0 Å². The molecule has 4 N–H and O–H groups in total. The number of nitrogens with one attached hydrogen (secondary N) is 1. The van der Waals surface area contributed by atoms with E-state index in [1.807, 2.05) is 47.9 Å². The Kier molecular flexibility index (Phi) is 7.69. The molecule has 0 aliphatic rings. The number of benzene rings is 1. The maximum Gasteiger partial charge on any atom is 0.262 e. The zero-order valence-corrected chi connectivity index (χ0v) is 20.1. The van der Waals surface area contributed by atoms with Gasteiger partial charge >= 0.3 is 0 Å². The minimum Gasteiger partial charge on any atom is -0.491 e. The molecule has 10 heteroatoms. The van der Waals surface area contributed by atoms with Crippen LogP contribution in [0, 0.1) is 0 Å². The van der Waals surface area contributed by atoms with Crippen LogP contribution in [0.2, 0.25) is 5.02 Å². The molecule has 34 heavy (non-hydrogen) atoms. The van der Waals surface area contributed by atoms with Crippen molar-refractivity contribution >= 4 is 34.5 Å². The molecule has 0 saturated heterocycles. The first-order chi connectivity index (χ1) is 16.5. The Bertz CT molecular complexity index is 1290. The molecule has 0 aliphatic heterocycles. The molecule has 0 spiro atoms. The summed E-state index contributed by atoms with van der Waals surface area (Å²) in [5.74, 6) is 0.510. The van der Waals surface area contributed by atoms with Crippen LogP contribution in [-0.4, -0.2) is 46.7 Å². The second-order valence-electron chi connectivity index (χ2n) is 7.51. The van der Waals surface area contributed by atoms with E-state index in [0.29, 0.717) is 41.1 Å². The summed E-state index contributed by atoms with van der Waals surface area (Å²) >= 11 is 7.55. The number of amides is 1. The van der Waals surface area contributed by atoms with Crippen molar-refractivity contribution in [3.8, 4) is 22.1 Å². The second kappa shape index (κ2) is 10.9. The monoisotopic (exact) mass is 500 g/mol. The van der Waals surface area contributed by atoms with Crippen LogP contribution in [-0.2, 0) is 0 Å². The number of aromatic nitrogens is 2. The molecule has 178 valence electrons. The number of carbonyl (C=O) groups excluding carboxylic acids is 1. The van der Waals surface area contributed by atoms with E-state index in [9.17, 15) is 4.79 Å². The minimum atomic E-state index is -0.564. The van der Waals surface area contributed by atoms with Crippen LogP contribution in [0.15, 0.2) is 54.9 Å². The van der Waals surface area contributed by atoms with Crippen LogP contribution in [0.25, 0.3) is 16.2 Å². The fraction of sp³-hybridized carbons (Fsp3) is 0.250. The van der Waals surface area contributed by atoms with Gasteiger partial charge in [-0.15, -0.1) is 11.3 Å². The number of fused-ring (bicyclic) bond motifs is 1. The lowest BCUT2D eigenvalue weighted by Crippen LogP contribution is -2.24. The summed E-state index contributed by atoms with van der Waals surface area (Å²) in [7, 11) is 0. The van der Waals surface area contributed by atoms with Gasteiger partial charge in [-0.2, -0.15) is 0 Å². The first-order valence-corrected chi connectivity index (χ1v) is 11.9. The molecule has 3 heterocycles. The Morgan fingerprint density at radius 3 is 2.88 bits per heavy atom. The number of hydrogen-bond donors (Lipinski definition) is 3. The van der Waals surface area contributed by atoms with Crippen LogP contribution < -0.4 is 20.5 Å². The van der Waals surface area contributed by atoms with E-state index in [1.165, 1.54) is 11.3 Å². The second-order valence-corrected chi connectivity index (χ2v) is 8.97. The molecule has 0 fully saturated rings. The normalized spacial score (nSPS) is 12.1. The highest BCUT2D eigenvalue weighted by Crippen LogP contribution is 2.39. The van der Waals surface area contributed by atoms with Crippen molar-refractivity contribution in [2.75, 3.05) is 26.3 Å². The van der Waals surface area contributed by atoms with Crippen LogP contribution >= 0.6 is 22.9 Å². The molecule has 8 nitrogen and oxygen atoms in total. The lowest BCUT2D eigenvalue weighted by Gasteiger charge is -2.16. The molecule has 0 bridgehead atoms. The molecule has 0 aliphatic carbocycles. The summed E-state index contributed by atoms with van der Waals surface area (Å²) in [4.78, 5) is 17.7. The fourth-order valence-electron chi connectivity index (χ4n) is 3.49. The molecule has 4 aromatic rings. The summed E-state index contributed by atoms with van der Waals surface area (Å²) in [5, 5.41) is 12.5. The van der Waals surface area contributed by atoms with Gasteiger partial charge in [-0.3, -0.25) is 9.20 Å². The van der Waals surface area contributed by atoms with Gasteiger partial charge in [-0.1, -0.05) is 29.8 Å². The van der Waals surface area contributed by atoms with Crippen molar-refractivity contribution in [1.82, 2.24) is 14.7 Å². The highest BCUT2D eigenvalue weighted by atomic mass is 35.5. The number of nitrogens with two attached hydrogens (primary N) is 1. The van der Waals surface area contributed by atoms with E-state index in [0.717, 1.165) is 21.8 Å². The van der Waals surface area contributed by atoms with Crippen LogP contribution in [0.1, 0.15) is 28.3 Å². The summed E-state index contributed by atoms with van der Waals surface area (Å²) < 4.78 is 13.8. The summed E-state index contributed by atoms with van der Waals surface area (Å²) in [6.07, 6.45) is 3.20. The van der Waals surface area contributed by atoms with Crippen molar-refractivity contribution < 1.29 is 19.4 Å². The van der Waals surface area contributed by atoms with Crippen molar-refractivity contribution in [1.29, 1.82) is 0 Å². The summed E-state index contributed by atoms with van der Waals surface area (Å²) in [6.45, 7) is 3.55. The van der Waals surface area contributed by atoms with Gasteiger partial charge in [-0.05, 0) is 25.1 Å². The van der Waals surface area contributed by atoms with E-state index in [4.69, 9.17) is 31.9 Å². The van der Waals surface area contributed by atoms with Gasteiger partial charge < -0.3 is 25.6 Å². The lowest BCUT2D eigenvalue weighted by atomic mass is 10.1. The number of halogens is 1. The number of imidazole rings is 1. The maximum absolute atomic E-state index is 12.2. The summed E-state index contributed by atoms with van der Waals surface area (Å²) in [5.41, 5.74) is 7.99. The topological polar surface area (TPSA) is 111 Å². The third kappa shape index (κ3) is 5.34. The van der Waals surface area contributed by atoms with E-state index >= 15 is 0 Å². The molecule has 1 unspecified atom stereocenters. The third-order valence-electron chi connectivity index (χ3n) is 5.14. The number of hydrogen-bond acceptors (Lipinski definition) is 7. The number of rotatable bonds is 11. The average Bonchev–Trinajstić information content (AvgIpc) is 3.43. The van der Waals surface area contributed by atoms with Crippen LogP contribution in [0.4, 0.5) is 0 Å². The standard InChI is InChI=1S/C24H25ClN4O4S/c1-15(17-4-2-3-5-18(17)25)33-20-12-21(34-23(20)24(26)31)19-13-28-22-7-6-16(14-29(19)22)32-11-9-27-8-10-30/h2-7,12-15,27,30H,8-11H2,1H3,(H2,26,31). The molecule has 3 aromatic heterocycles. The van der Waals surface area contributed by atoms with Gasteiger partial charge in [0.2, 0.25) is 0 Å². The Morgan fingerprint density at radius 1 is 1.29 bits per heavy atom. The molecule has 1 amide bonds. The number of primary amides is 1. The number of aliphatic hydroxyl groups excluding tert-OH is 1. The minimum absolute atomic E-state index is 0.0847. The molecular weight excluding hydrogens is 476 g/mol. The average molecular weight is 501 g/mol. The van der Waals surface area contributed by atoms with Crippen molar-refractivity contribution in [3.05, 3.63) is 70.3 Å². The predicted octanol–water partition coefficient (Wildman–Crippen LogP) is 3.92. The maximum atomic E-state index is 12.2. The molecule has 0 radical (unpaired) electrons. The van der Waals surface area contributed by atoms with Crippen LogP contribution in [0.5, 0.6) is 11.5 Å². The highest BCUT2D eigenvalue weighted by Gasteiger charge is 2.21. The summed E-state index contributed by atoms with van der Waals surface area (Å²) in [6, 6.07) is 12.9. The number of ether oxygens (including phenoxy) is 2. The van der Waals surface area contributed by atoms with Crippen molar-refractivity contribution in [2.45, 2.75) is 13.0 Å². The SMILES string of the molecule is CC(Oc1cc(-c2cnc3ccc(OCCNCCO)cn23)sc1C(N)=O)c1ccccc1Cl. The Balaban J connectivity index is 1.60. The molecular formula is C24H25ClN4O4S. The van der Waals surface area contributed by atoms with Crippen LogP contribution in [0.3, 0.4) is 0 Å². The number of aliphatic hydroxyl groups is 1. The number of carbonyl (C=O) groups is 1. The zero-order valence-electron chi connectivity index (χ0n) is 18.5. The Hall–Kier alpha value is -3.11. The molecule has 4 rings (SSSR count). The molecule has 1 atom stereocenters. The van der Waals surface area contributed by atoms with Crippen molar-refractivity contribution in [2.24, 2.45) is 5.73 Å². The van der Waals surface area contributed by atoms with E-state index in [2.05, 4.69) is 10.3 Å². The van der Waals surface area contributed by atoms with Gasteiger partial charge in [0, 0.05) is 29.7 Å². The third-order valence-corrected chi connectivity index (χ3v) is 6.63. The number of thiophene rings is 1. The quantitative estimate of drug-likeness (QED) is 0.269. The van der Waals surface area contributed by atoms with Gasteiger partial charge in [0.25, 0.3) is 5.91 Å². The number of pyridine rings is 1. The fourth-order valence-corrected chi connectivity index (χ4v) is 4.73. The van der Waals surface area contributed by atoms with E-state index < -0.39 is 5.91 Å². The Morgan fingerprint density at radius 2 is 2.12 bits per heavy atom. The van der Waals surface area contributed by atoms with Gasteiger partial charge in [0.05, 0.1) is 29.6 Å².